The first-order valence-corrected chi connectivity index (χ1v) is 5.56. The van der Waals surface area contributed by atoms with Gasteiger partial charge in [-0.2, -0.15) is 0 Å². The van der Waals surface area contributed by atoms with Crippen LogP contribution in [0.2, 0.25) is 0 Å². The number of hydrogen-bond donors (Lipinski definition) is 2. The summed E-state index contributed by atoms with van der Waals surface area (Å²) in [4.78, 5) is 0. The van der Waals surface area contributed by atoms with Crippen molar-refractivity contribution in [3.05, 3.63) is 0 Å². The van der Waals surface area contributed by atoms with Gasteiger partial charge in [-0.05, 0) is 12.3 Å². The summed E-state index contributed by atoms with van der Waals surface area (Å²) in [5, 5.41) is 5.56. The number of rotatable bonds is 3. The van der Waals surface area contributed by atoms with Crippen LogP contribution in [-0.2, 0) is 4.74 Å². The van der Waals surface area contributed by atoms with E-state index < -0.39 is 0 Å². The van der Waals surface area contributed by atoms with Gasteiger partial charge in [-0.25, -0.2) is 5.01 Å². The van der Waals surface area contributed by atoms with Gasteiger partial charge in [0.2, 0.25) is 0 Å². The quantitative estimate of drug-likeness (QED) is 0.618. The lowest BCUT2D eigenvalue weighted by atomic mass is 9.94. The van der Waals surface area contributed by atoms with Crippen molar-refractivity contribution in [3.8, 4) is 0 Å². The third-order valence-corrected chi connectivity index (χ3v) is 3.31. The maximum atomic E-state index is 5.77. The number of nitrogens with two attached hydrogens (primary N) is 1. The predicted octanol–water partition coefficient (Wildman–Crippen LogP) is -0.193. The molecule has 82 valence electrons. The normalized spacial score (nSPS) is 35.6. The van der Waals surface area contributed by atoms with Gasteiger partial charge >= 0.3 is 0 Å². The molecule has 2 rings (SSSR count). The monoisotopic (exact) mass is 199 g/mol. The van der Waals surface area contributed by atoms with Crippen molar-refractivity contribution in [1.29, 1.82) is 0 Å². The van der Waals surface area contributed by atoms with E-state index in [4.69, 9.17) is 10.6 Å². The van der Waals surface area contributed by atoms with Crippen molar-refractivity contribution < 1.29 is 4.74 Å². The molecule has 2 aliphatic rings. The molecular formula is C10H21N3O. The maximum Gasteiger partial charge on any atom is 0.0528 e. The Morgan fingerprint density at radius 3 is 2.86 bits per heavy atom. The van der Waals surface area contributed by atoms with Crippen molar-refractivity contribution in [1.82, 2.24) is 10.3 Å². The fraction of sp³-hybridized carbons (Fsp3) is 1.00. The minimum Gasteiger partial charge on any atom is -0.381 e. The molecule has 3 N–H and O–H groups in total. The molecule has 2 saturated heterocycles. The fourth-order valence-corrected chi connectivity index (χ4v) is 2.20. The van der Waals surface area contributed by atoms with Gasteiger partial charge in [-0.3, -0.25) is 5.84 Å². The highest BCUT2D eigenvalue weighted by atomic mass is 16.5. The zero-order valence-electron chi connectivity index (χ0n) is 8.91. The van der Waals surface area contributed by atoms with E-state index in [1.54, 1.807) is 0 Å². The summed E-state index contributed by atoms with van der Waals surface area (Å²) in [6, 6.07) is 0.649. The largest absolute Gasteiger partial charge is 0.381 e. The van der Waals surface area contributed by atoms with Gasteiger partial charge < -0.3 is 10.1 Å². The van der Waals surface area contributed by atoms with Crippen molar-refractivity contribution in [3.63, 3.8) is 0 Å². The van der Waals surface area contributed by atoms with Crippen LogP contribution in [-0.4, -0.2) is 43.9 Å². The Labute approximate surface area is 85.7 Å². The highest BCUT2D eigenvalue weighted by Crippen LogP contribution is 2.16. The van der Waals surface area contributed by atoms with Crippen LogP contribution in [0, 0.1) is 11.8 Å². The number of hydrazine groups is 1. The summed E-state index contributed by atoms with van der Waals surface area (Å²) >= 11 is 0. The molecule has 0 aromatic carbocycles. The lowest BCUT2D eigenvalue weighted by Gasteiger charge is -2.36. The molecule has 4 nitrogen and oxygen atoms in total. The zero-order chi connectivity index (χ0) is 9.97. The Kier molecular flexibility index (Phi) is 3.38. The molecule has 0 radical (unpaired) electrons. The predicted molar refractivity (Wildman–Crippen MR) is 55.6 cm³/mol. The second-order valence-corrected chi connectivity index (χ2v) is 4.68. The molecule has 2 aliphatic heterocycles. The highest BCUT2D eigenvalue weighted by molar-refractivity contribution is 4.82. The molecule has 2 heterocycles. The molecule has 0 spiro atoms. The van der Waals surface area contributed by atoms with E-state index in [0.29, 0.717) is 12.0 Å². The van der Waals surface area contributed by atoms with E-state index in [2.05, 4.69) is 12.2 Å². The summed E-state index contributed by atoms with van der Waals surface area (Å²) in [6.45, 7) is 7.30. The van der Waals surface area contributed by atoms with Crippen LogP contribution < -0.4 is 11.2 Å². The van der Waals surface area contributed by atoms with Crippen LogP contribution in [0.5, 0.6) is 0 Å². The first-order valence-electron chi connectivity index (χ1n) is 5.56. The molecule has 2 atom stereocenters. The number of ether oxygens (including phenoxy) is 1. The minimum absolute atomic E-state index is 0.649. The van der Waals surface area contributed by atoms with Crippen LogP contribution in [0.25, 0.3) is 0 Å². The fourth-order valence-electron chi connectivity index (χ4n) is 2.20. The molecular weight excluding hydrogens is 178 g/mol. The van der Waals surface area contributed by atoms with E-state index in [9.17, 15) is 0 Å². The molecule has 0 bridgehead atoms. The van der Waals surface area contributed by atoms with Crippen LogP contribution >= 0.6 is 0 Å². The lowest BCUT2D eigenvalue weighted by Crippen LogP contribution is -2.52. The molecule has 0 amide bonds. The van der Waals surface area contributed by atoms with Gasteiger partial charge in [0.05, 0.1) is 13.2 Å². The summed E-state index contributed by atoms with van der Waals surface area (Å²) in [5.41, 5.74) is 0. The summed E-state index contributed by atoms with van der Waals surface area (Å²) in [6.07, 6.45) is 1.17. The molecule has 0 aliphatic carbocycles. The van der Waals surface area contributed by atoms with Crippen molar-refractivity contribution in [2.45, 2.75) is 19.4 Å². The average Bonchev–Trinajstić information content (AvgIpc) is 2.05. The van der Waals surface area contributed by atoms with Crippen LogP contribution in [0.3, 0.4) is 0 Å². The molecule has 2 fully saturated rings. The Morgan fingerprint density at radius 1 is 1.50 bits per heavy atom. The van der Waals surface area contributed by atoms with Crippen LogP contribution in [0.15, 0.2) is 0 Å². The minimum atomic E-state index is 0.649. The Hall–Kier alpha value is -0.160. The van der Waals surface area contributed by atoms with Crippen LogP contribution in [0.1, 0.15) is 13.3 Å². The first kappa shape index (κ1) is 10.4. The number of nitrogens with one attached hydrogen (secondary N) is 1. The molecule has 2 unspecified atom stereocenters. The van der Waals surface area contributed by atoms with Gasteiger partial charge in [-0.15, -0.1) is 0 Å². The number of nitrogens with zero attached hydrogens (tertiary/aromatic N) is 1. The smallest absolute Gasteiger partial charge is 0.0528 e. The Bertz CT molecular complexity index is 184. The number of piperidine rings is 1. The SMILES string of the molecule is CC1CN(N)CCC1NCC1COC1. The van der Waals surface area contributed by atoms with Gasteiger partial charge in [0.25, 0.3) is 0 Å². The topological polar surface area (TPSA) is 50.5 Å². The van der Waals surface area contributed by atoms with Crippen LogP contribution in [0.4, 0.5) is 0 Å². The Morgan fingerprint density at radius 2 is 2.29 bits per heavy atom. The lowest BCUT2D eigenvalue weighted by molar-refractivity contribution is -0.0334. The number of hydrogen-bond acceptors (Lipinski definition) is 4. The van der Waals surface area contributed by atoms with E-state index >= 15 is 0 Å². The van der Waals surface area contributed by atoms with E-state index in [-0.39, 0.29) is 0 Å². The summed E-state index contributed by atoms with van der Waals surface area (Å²) < 4.78 is 5.15. The summed E-state index contributed by atoms with van der Waals surface area (Å²) in [5.74, 6) is 7.18. The standard InChI is InChI=1S/C10H21N3O/c1-8-5-13(11)3-2-10(8)12-4-9-6-14-7-9/h8-10,12H,2-7,11H2,1H3. The molecule has 0 saturated carbocycles. The van der Waals surface area contributed by atoms with Crippen molar-refractivity contribution >= 4 is 0 Å². The van der Waals surface area contributed by atoms with E-state index in [1.165, 1.54) is 6.42 Å². The van der Waals surface area contributed by atoms with Crippen molar-refractivity contribution in [2.24, 2.45) is 17.7 Å². The average molecular weight is 199 g/mol. The second-order valence-electron chi connectivity index (χ2n) is 4.68. The zero-order valence-corrected chi connectivity index (χ0v) is 8.91. The first-order chi connectivity index (χ1) is 6.75. The highest BCUT2D eigenvalue weighted by Gasteiger charge is 2.26. The van der Waals surface area contributed by atoms with Crippen molar-refractivity contribution in [2.75, 3.05) is 32.8 Å². The second kappa shape index (κ2) is 4.57. The third-order valence-electron chi connectivity index (χ3n) is 3.31. The van der Waals surface area contributed by atoms with Gasteiger partial charge in [-0.1, -0.05) is 6.92 Å². The van der Waals surface area contributed by atoms with Gasteiger partial charge in [0.15, 0.2) is 0 Å². The maximum absolute atomic E-state index is 5.77. The molecule has 0 aromatic rings. The molecule has 4 heteroatoms. The molecule has 14 heavy (non-hydrogen) atoms. The summed E-state index contributed by atoms with van der Waals surface area (Å²) in [7, 11) is 0. The molecule has 0 aromatic heterocycles. The van der Waals surface area contributed by atoms with E-state index in [0.717, 1.165) is 38.8 Å². The Balaban J connectivity index is 1.68. The van der Waals surface area contributed by atoms with Gasteiger partial charge in [0.1, 0.15) is 0 Å². The third kappa shape index (κ3) is 2.45. The van der Waals surface area contributed by atoms with Gasteiger partial charge in [0, 0.05) is 31.6 Å². The van der Waals surface area contributed by atoms with E-state index in [1.807, 2.05) is 5.01 Å².